The molecule has 0 saturated carbocycles. The van der Waals surface area contributed by atoms with Gasteiger partial charge in [-0.25, -0.2) is 0 Å². The van der Waals surface area contributed by atoms with Gasteiger partial charge in [-0.3, -0.25) is 10.2 Å². The van der Waals surface area contributed by atoms with Crippen LogP contribution in [0.3, 0.4) is 0 Å². The first kappa shape index (κ1) is 25.1. The third-order valence-corrected chi connectivity index (χ3v) is 6.60. The Morgan fingerprint density at radius 1 is 0.895 bits per heavy atom. The van der Waals surface area contributed by atoms with Gasteiger partial charge >= 0.3 is 0 Å². The number of nitrogens with one attached hydrogen (secondary N) is 1. The van der Waals surface area contributed by atoms with E-state index in [1.807, 2.05) is 54.6 Å². The first-order valence-electron chi connectivity index (χ1n) is 11.7. The Labute approximate surface area is 223 Å². The van der Waals surface area contributed by atoms with Crippen LogP contribution < -0.4 is 18.9 Å². The summed E-state index contributed by atoms with van der Waals surface area (Å²) in [5, 5.41) is 15.6. The minimum absolute atomic E-state index is 0.0339. The van der Waals surface area contributed by atoms with E-state index in [9.17, 15) is 4.79 Å². The third kappa shape index (κ3) is 5.40. The molecule has 0 spiro atoms. The van der Waals surface area contributed by atoms with Crippen LogP contribution in [0.1, 0.15) is 11.1 Å². The minimum Gasteiger partial charge on any atom is -0.497 e. The van der Waals surface area contributed by atoms with Gasteiger partial charge in [0.15, 0.2) is 17.3 Å². The number of ether oxygens (including phenoxy) is 4. The van der Waals surface area contributed by atoms with Crippen LogP contribution in [-0.2, 0) is 4.79 Å². The van der Waals surface area contributed by atoms with E-state index < -0.39 is 5.91 Å². The summed E-state index contributed by atoms with van der Waals surface area (Å²) in [6, 6.07) is 22.2. The molecular weight excluding hydrogens is 504 g/mol. The van der Waals surface area contributed by atoms with E-state index in [0.29, 0.717) is 46.2 Å². The molecule has 3 aromatic rings. The van der Waals surface area contributed by atoms with Gasteiger partial charge < -0.3 is 18.9 Å². The number of hydrogen-bond acceptors (Lipinski definition) is 8. The Bertz CT molecular complexity index is 1450. The summed E-state index contributed by atoms with van der Waals surface area (Å²) in [6.07, 6.45) is 1.60. The largest absolute Gasteiger partial charge is 0.497 e. The van der Waals surface area contributed by atoms with Crippen molar-refractivity contribution >= 4 is 39.8 Å². The fourth-order valence-corrected chi connectivity index (χ4v) is 4.63. The lowest BCUT2D eigenvalue weighted by molar-refractivity contribution is -0.114. The molecule has 1 N–H and O–H groups in total. The third-order valence-electron chi connectivity index (χ3n) is 5.64. The topological polar surface area (TPSA) is 106 Å². The molecule has 0 bridgehead atoms. The number of nitrogens with zero attached hydrogens (tertiary/aromatic N) is 3. The number of fused-ring (bicyclic) bond motifs is 1. The van der Waals surface area contributed by atoms with Crippen molar-refractivity contribution in [1.29, 1.82) is 5.41 Å². The predicted octanol–water partition coefficient (Wildman–Crippen LogP) is 4.83. The molecule has 2 aliphatic heterocycles. The predicted molar refractivity (Wildman–Crippen MR) is 148 cm³/mol. The van der Waals surface area contributed by atoms with Crippen molar-refractivity contribution < 1.29 is 23.7 Å². The lowest BCUT2D eigenvalue weighted by atomic mass is 10.1. The maximum absolute atomic E-state index is 12.8. The standard InChI is InChI=1S/C28H24N4O5S/c1-34-20-9-11-21(12-10-20)36-14-15-37-23-13-8-18(17-24(23)35-2)16-22-25(29)32-28(30-26(22)33)38-27(31-32)19-6-4-3-5-7-19/h3-13,16-17,29H,14-15H2,1-2H3. The van der Waals surface area contributed by atoms with Crippen molar-refractivity contribution in [2.75, 3.05) is 27.4 Å². The average molecular weight is 529 g/mol. The van der Waals surface area contributed by atoms with Crippen LogP contribution in [0, 0.1) is 5.41 Å². The van der Waals surface area contributed by atoms with Gasteiger partial charge in [0.1, 0.15) is 29.8 Å². The first-order chi connectivity index (χ1) is 18.6. The van der Waals surface area contributed by atoms with Crippen molar-refractivity contribution in [1.82, 2.24) is 5.01 Å². The van der Waals surface area contributed by atoms with Gasteiger partial charge in [-0.05, 0) is 59.8 Å². The summed E-state index contributed by atoms with van der Waals surface area (Å²) in [5.74, 6) is 1.97. The lowest BCUT2D eigenvalue weighted by Crippen LogP contribution is -2.35. The second kappa shape index (κ2) is 11.2. The number of rotatable bonds is 9. The summed E-state index contributed by atoms with van der Waals surface area (Å²) in [4.78, 5) is 16.9. The normalized spacial score (nSPS) is 15.6. The Hall–Kier alpha value is -4.57. The molecule has 3 aromatic carbocycles. The second-order valence-corrected chi connectivity index (χ2v) is 9.03. The van der Waals surface area contributed by atoms with Crippen molar-refractivity contribution in [2.45, 2.75) is 0 Å². The summed E-state index contributed by atoms with van der Waals surface area (Å²) in [7, 11) is 3.15. The molecule has 2 heterocycles. The van der Waals surface area contributed by atoms with Crippen molar-refractivity contribution in [2.24, 2.45) is 10.1 Å². The number of aliphatic imine (C=N–C) groups is 1. The van der Waals surface area contributed by atoms with E-state index in [4.69, 9.17) is 24.4 Å². The molecule has 10 heteroatoms. The van der Waals surface area contributed by atoms with Gasteiger partial charge in [0, 0.05) is 5.56 Å². The molecule has 0 aromatic heterocycles. The molecule has 38 heavy (non-hydrogen) atoms. The van der Waals surface area contributed by atoms with Crippen LogP contribution in [0.2, 0.25) is 0 Å². The van der Waals surface area contributed by atoms with Crippen LogP contribution in [0.5, 0.6) is 23.0 Å². The number of benzene rings is 3. The molecule has 0 unspecified atom stereocenters. The molecule has 5 rings (SSSR count). The Morgan fingerprint density at radius 3 is 2.37 bits per heavy atom. The fourth-order valence-electron chi connectivity index (χ4n) is 3.73. The zero-order chi connectivity index (χ0) is 26.5. The number of hydrogen-bond donors (Lipinski definition) is 1. The van der Waals surface area contributed by atoms with Gasteiger partial charge in [0.25, 0.3) is 5.91 Å². The summed E-state index contributed by atoms with van der Waals surface area (Å²) >= 11 is 1.27. The van der Waals surface area contributed by atoms with Crippen LogP contribution in [0.25, 0.3) is 6.08 Å². The van der Waals surface area contributed by atoms with E-state index in [0.717, 1.165) is 11.3 Å². The number of amides is 1. The molecular formula is C28H24N4O5S. The lowest BCUT2D eigenvalue weighted by Gasteiger charge is -2.20. The van der Waals surface area contributed by atoms with E-state index in [2.05, 4.69) is 10.1 Å². The van der Waals surface area contributed by atoms with Crippen LogP contribution in [0.4, 0.5) is 0 Å². The maximum Gasteiger partial charge on any atom is 0.283 e. The monoisotopic (exact) mass is 528 g/mol. The van der Waals surface area contributed by atoms with Gasteiger partial charge in [0.05, 0.1) is 19.8 Å². The van der Waals surface area contributed by atoms with Crippen molar-refractivity contribution in [3.05, 3.63) is 89.5 Å². The van der Waals surface area contributed by atoms with Crippen molar-refractivity contribution in [3.63, 3.8) is 0 Å². The van der Waals surface area contributed by atoms with Gasteiger partial charge in [-0.15, -0.1) is 0 Å². The van der Waals surface area contributed by atoms with E-state index in [1.54, 1.807) is 38.5 Å². The number of thioether (sulfide) groups is 1. The Kier molecular flexibility index (Phi) is 7.41. The summed E-state index contributed by atoms with van der Waals surface area (Å²) < 4.78 is 22.2. The Morgan fingerprint density at radius 2 is 1.63 bits per heavy atom. The molecule has 0 atom stereocenters. The van der Waals surface area contributed by atoms with Crippen LogP contribution in [-0.4, -0.2) is 54.4 Å². The molecule has 0 saturated heterocycles. The molecule has 1 amide bonds. The quantitative estimate of drug-likeness (QED) is 0.313. The second-order valence-electron chi connectivity index (χ2n) is 8.07. The highest BCUT2D eigenvalue weighted by Gasteiger charge is 2.36. The molecule has 0 aliphatic carbocycles. The Balaban J connectivity index is 1.26. The van der Waals surface area contributed by atoms with E-state index in [-0.39, 0.29) is 11.4 Å². The molecule has 2 aliphatic rings. The zero-order valence-corrected chi connectivity index (χ0v) is 21.5. The minimum atomic E-state index is -0.492. The van der Waals surface area contributed by atoms with Crippen LogP contribution >= 0.6 is 11.8 Å². The highest BCUT2D eigenvalue weighted by Crippen LogP contribution is 2.33. The number of amidine groups is 2. The number of carbonyl (C=O) groups excluding carboxylic acids is 1. The van der Waals surface area contributed by atoms with Crippen LogP contribution in [0.15, 0.2) is 88.5 Å². The summed E-state index contributed by atoms with van der Waals surface area (Å²) in [6.45, 7) is 0.643. The van der Waals surface area contributed by atoms with Crippen molar-refractivity contribution in [3.8, 4) is 23.0 Å². The number of methoxy groups -OCH3 is 2. The maximum atomic E-state index is 12.8. The van der Waals surface area contributed by atoms with Gasteiger partial charge in [-0.2, -0.15) is 15.1 Å². The van der Waals surface area contributed by atoms with E-state index >= 15 is 0 Å². The highest BCUT2D eigenvalue weighted by molar-refractivity contribution is 8.27. The molecule has 0 radical (unpaired) electrons. The zero-order valence-electron chi connectivity index (χ0n) is 20.7. The van der Waals surface area contributed by atoms with Gasteiger partial charge in [-0.1, -0.05) is 36.4 Å². The average Bonchev–Trinajstić information content (AvgIpc) is 3.39. The number of hydrazone groups is 1. The number of carbonyl (C=O) groups is 1. The highest BCUT2D eigenvalue weighted by atomic mass is 32.2. The fraction of sp³-hybridized carbons (Fsp3) is 0.143. The first-order valence-corrected chi connectivity index (χ1v) is 12.5. The van der Waals surface area contributed by atoms with E-state index in [1.165, 1.54) is 16.8 Å². The van der Waals surface area contributed by atoms with Gasteiger partial charge in [0.2, 0.25) is 5.17 Å². The smallest absolute Gasteiger partial charge is 0.283 e. The molecule has 192 valence electrons. The molecule has 0 fully saturated rings. The summed E-state index contributed by atoms with van der Waals surface area (Å²) in [5.41, 5.74) is 1.70. The molecule has 9 nitrogen and oxygen atoms in total. The SMILES string of the molecule is COc1ccc(OCCOc2ccc(C=C3C(=N)N4N=C(c5ccccc5)SC4=NC3=O)cc2OC)cc1.